The summed E-state index contributed by atoms with van der Waals surface area (Å²) in [5.41, 5.74) is 0. The Labute approximate surface area is 399 Å². The van der Waals surface area contributed by atoms with Gasteiger partial charge in [-0.3, -0.25) is 14.4 Å². The molecule has 64 heavy (non-hydrogen) atoms. The van der Waals surface area contributed by atoms with Crippen molar-refractivity contribution in [3.05, 3.63) is 0 Å². The summed E-state index contributed by atoms with van der Waals surface area (Å²) in [6.45, 7) is 9.10. The fraction of sp³-hybridized carbons (Fsp3) is 0.948. The third-order valence-electron chi connectivity index (χ3n) is 13.7. The molecule has 0 aliphatic rings. The molecule has 6 heteroatoms. The second-order valence-electron chi connectivity index (χ2n) is 20.2. The minimum atomic E-state index is -0.761. The van der Waals surface area contributed by atoms with E-state index in [1.165, 1.54) is 225 Å². The molecule has 0 saturated carbocycles. The van der Waals surface area contributed by atoms with Crippen molar-refractivity contribution in [2.24, 2.45) is 5.92 Å². The summed E-state index contributed by atoms with van der Waals surface area (Å²) in [4.78, 5) is 38.1. The molecule has 0 bridgehead atoms. The van der Waals surface area contributed by atoms with Crippen LogP contribution in [0.3, 0.4) is 0 Å². The van der Waals surface area contributed by atoms with Gasteiger partial charge in [-0.2, -0.15) is 0 Å². The number of ether oxygens (including phenoxy) is 3. The number of carbonyl (C=O) groups is 3. The molecule has 0 aliphatic carbocycles. The molecule has 0 fully saturated rings. The van der Waals surface area contributed by atoms with Crippen LogP contribution in [0.5, 0.6) is 0 Å². The van der Waals surface area contributed by atoms with Gasteiger partial charge in [-0.25, -0.2) is 0 Å². The zero-order chi connectivity index (χ0) is 46.7. The quantitative estimate of drug-likeness (QED) is 0.0344. The number of unbranched alkanes of at least 4 members (excludes halogenated alkanes) is 39. The van der Waals surface area contributed by atoms with Gasteiger partial charge in [-0.05, 0) is 25.2 Å². The molecule has 0 saturated heterocycles. The normalized spacial score (nSPS) is 12.4. The van der Waals surface area contributed by atoms with Crippen molar-refractivity contribution < 1.29 is 28.6 Å². The molecule has 0 aliphatic heterocycles. The van der Waals surface area contributed by atoms with E-state index in [-0.39, 0.29) is 31.1 Å². The Morgan fingerprint density at radius 1 is 0.312 bits per heavy atom. The highest BCUT2D eigenvalue weighted by Gasteiger charge is 2.19. The molecule has 0 N–H and O–H groups in total. The monoisotopic (exact) mass is 905 g/mol. The Balaban J connectivity index is 4.28. The van der Waals surface area contributed by atoms with Crippen molar-refractivity contribution in [3.63, 3.8) is 0 Å². The van der Waals surface area contributed by atoms with Crippen LogP contribution in [0.25, 0.3) is 0 Å². The van der Waals surface area contributed by atoms with Gasteiger partial charge in [-0.1, -0.05) is 291 Å². The number of hydrogen-bond acceptors (Lipinski definition) is 6. The number of rotatable bonds is 53. The van der Waals surface area contributed by atoms with Crippen LogP contribution < -0.4 is 0 Å². The molecule has 0 aromatic rings. The first kappa shape index (κ1) is 62.4. The Morgan fingerprint density at radius 2 is 0.547 bits per heavy atom. The topological polar surface area (TPSA) is 78.9 Å². The molecule has 0 amide bonds. The van der Waals surface area contributed by atoms with Gasteiger partial charge in [0.15, 0.2) is 6.10 Å². The summed E-state index contributed by atoms with van der Waals surface area (Å²) >= 11 is 0. The predicted molar refractivity (Wildman–Crippen MR) is 275 cm³/mol. The van der Waals surface area contributed by atoms with E-state index in [0.717, 1.165) is 63.7 Å². The van der Waals surface area contributed by atoms with Crippen LogP contribution >= 0.6 is 0 Å². The van der Waals surface area contributed by atoms with Crippen LogP contribution in [-0.2, 0) is 28.6 Å². The summed E-state index contributed by atoms with van der Waals surface area (Å²) < 4.78 is 16.9. The van der Waals surface area contributed by atoms with Gasteiger partial charge >= 0.3 is 17.9 Å². The second kappa shape index (κ2) is 52.4. The standard InChI is InChI=1S/C58H112O6/c1-5-8-10-12-14-16-18-20-25-29-33-37-41-45-49-56(59)62-52-55(64-58(61)51-47-43-39-35-31-26-21-19-17-15-13-11-9-6-2)53-63-57(60)50-46-42-38-34-30-27-23-22-24-28-32-36-40-44-48-54(4)7-3/h54-55H,5-53H2,1-4H3/t54?,55-/m1/s1. The van der Waals surface area contributed by atoms with E-state index in [0.29, 0.717) is 19.3 Å². The van der Waals surface area contributed by atoms with Gasteiger partial charge in [0.2, 0.25) is 0 Å². The molecular formula is C58H112O6. The van der Waals surface area contributed by atoms with Crippen molar-refractivity contribution in [1.29, 1.82) is 0 Å². The Bertz CT molecular complexity index is 966. The first-order chi connectivity index (χ1) is 31.4. The van der Waals surface area contributed by atoms with E-state index >= 15 is 0 Å². The lowest BCUT2D eigenvalue weighted by atomic mass is 9.99. The van der Waals surface area contributed by atoms with Gasteiger partial charge in [0.1, 0.15) is 13.2 Å². The van der Waals surface area contributed by atoms with Crippen molar-refractivity contribution in [3.8, 4) is 0 Å². The van der Waals surface area contributed by atoms with E-state index in [1.54, 1.807) is 0 Å². The molecular weight excluding hydrogens is 793 g/mol. The van der Waals surface area contributed by atoms with E-state index in [4.69, 9.17) is 14.2 Å². The fourth-order valence-corrected chi connectivity index (χ4v) is 8.89. The number of carbonyl (C=O) groups excluding carboxylic acids is 3. The van der Waals surface area contributed by atoms with Gasteiger partial charge in [-0.15, -0.1) is 0 Å². The molecule has 2 atom stereocenters. The van der Waals surface area contributed by atoms with Crippen LogP contribution in [0.15, 0.2) is 0 Å². The highest BCUT2D eigenvalue weighted by atomic mass is 16.6. The lowest BCUT2D eigenvalue weighted by Crippen LogP contribution is -2.30. The molecule has 0 aromatic heterocycles. The maximum absolute atomic E-state index is 12.8. The zero-order valence-corrected chi connectivity index (χ0v) is 43.8. The highest BCUT2D eigenvalue weighted by molar-refractivity contribution is 5.71. The molecule has 0 heterocycles. The van der Waals surface area contributed by atoms with Crippen LogP contribution in [0, 0.1) is 5.92 Å². The zero-order valence-electron chi connectivity index (χ0n) is 43.8. The first-order valence-electron chi connectivity index (χ1n) is 28.9. The smallest absolute Gasteiger partial charge is 0.306 e. The fourth-order valence-electron chi connectivity index (χ4n) is 8.89. The van der Waals surface area contributed by atoms with Crippen molar-refractivity contribution in [2.45, 2.75) is 336 Å². The Kier molecular flexibility index (Phi) is 51.1. The van der Waals surface area contributed by atoms with Crippen LogP contribution in [0.4, 0.5) is 0 Å². The average Bonchev–Trinajstić information content (AvgIpc) is 3.29. The maximum Gasteiger partial charge on any atom is 0.306 e. The summed E-state index contributed by atoms with van der Waals surface area (Å²) in [6, 6.07) is 0. The molecule has 0 spiro atoms. The Morgan fingerprint density at radius 3 is 0.812 bits per heavy atom. The van der Waals surface area contributed by atoms with Crippen molar-refractivity contribution >= 4 is 17.9 Å². The molecule has 0 rings (SSSR count). The van der Waals surface area contributed by atoms with Crippen LogP contribution in [-0.4, -0.2) is 37.2 Å². The minimum absolute atomic E-state index is 0.0618. The third kappa shape index (κ3) is 49.8. The Hall–Kier alpha value is -1.59. The van der Waals surface area contributed by atoms with E-state index in [1.807, 2.05) is 0 Å². The lowest BCUT2D eigenvalue weighted by Gasteiger charge is -2.18. The predicted octanol–water partition coefficient (Wildman–Crippen LogP) is 19.0. The summed E-state index contributed by atoms with van der Waals surface area (Å²) in [7, 11) is 0. The lowest BCUT2D eigenvalue weighted by molar-refractivity contribution is -0.167. The second-order valence-corrected chi connectivity index (χ2v) is 20.2. The van der Waals surface area contributed by atoms with Gasteiger partial charge in [0.05, 0.1) is 0 Å². The number of hydrogen-bond donors (Lipinski definition) is 0. The minimum Gasteiger partial charge on any atom is -0.462 e. The largest absolute Gasteiger partial charge is 0.462 e. The molecule has 1 unspecified atom stereocenters. The molecule has 6 nitrogen and oxygen atoms in total. The summed E-state index contributed by atoms with van der Waals surface area (Å²) in [5.74, 6) is 0.0610. The summed E-state index contributed by atoms with van der Waals surface area (Å²) in [6.07, 6.45) is 56.5. The maximum atomic E-state index is 12.8. The van der Waals surface area contributed by atoms with E-state index in [9.17, 15) is 14.4 Å². The molecule has 0 radical (unpaired) electrons. The summed E-state index contributed by atoms with van der Waals surface area (Å²) in [5, 5.41) is 0. The van der Waals surface area contributed by atoms with Gasteiger partial charge in [0, 0.05) is 19.3 Å². The van der Waals surface area contributed by atoms with Crippen LogP contribution in [0.1, 0.15) is 329 Å². The SMILES string of the molecule is CCCCCCCCCCCCCCCCC(=O)OC[C@H](COC(=O)CCCCCCCCCCCCCCCCC(C)CC)OC(=O)CCCCCCCCCCCCCCCC. The van der Waals surface area contributed by atoms with E-state index in [2.05, 4.69) is 27.7 Å². The van der Waals surface area contributed by atoms with E-state index < -0.39 is 6.10 Å². The number of esters is 3. The third-order valence-corrected chi connectivity index (χ3v) is 13.7. The average molecular weight is 906 g/mol. The highest BCUT2D eigenvalue weighted by Crippen LogP contribution is 2.18. The van der Waals surface area contributed by atoms with Crippen molar-refractivity contribution in [2.75, 3.05) is 13.2 Å². The first-order valence-corrected chi connectivity index (χ1v) is 28.9. The van der Waals surface area contributed by atoms with Crippen LogP contribution in [0.2, 0.25) is 0 Å². The van der Waals surface area contributed by atoms with Gasteiger partial charge < -0.3 is 14.2 Å². The van der Waals surface area contributed by atoms with Crippen molar-refractivity contribution in [1.82, 2.24) is 0 Å². The molecule has 0 aromatic carbocycles. The molecule has 380 valence electrons. The van der Waals surface area contributed by atoms with Gasteiger partial charge in [0.25, 0.3) is 0 Å².